The Morgan fingerprint density at radius 3 is 1.97 bits per heavy atom. The van der Waals surface area contributed by atoms with Crippen LogP contribution in [0.4, 0.5) is 0 Å². The van der Waals surface area contributed by atoms with Gasteiger partial charge in [-0.2, -0.15) is 0 Å². The van der Waals surface area contributed by atoms with Crippen LogP contribution in [0.2, 0.25) is 0 Å². The molecule has 1 aliphatic rings. The number of ether oxygens (including phenoxy) is 1. The van der Waals surface area contributed by atoms with Crippen LogP contribution in [0, 0.1) is 0 Å². The molecule has 1 aliphatic heterocycles. The second-order valence-corrected chi connectivity index (χ2v) is 8.83. The fraction of sp³-hybridized carbons (Fsp3) is 0.0909. The number of phenolic OH excluding ortho intramolecular Hbond substituents is 1. The van der Waals surface area contributed by atoms with E-state index >= 15 is 0 Å². The SMILES string of the molecule is C=Cc1ccc(/C=C/Cc2ccc3c(c2)[C@@H](c2ccc(C=C)cc2)[C@H](c2ccc(O)cc2)O3)cc1. The average Bonchev–Trinajstić information content (AvgIpc) is 3.28. The predicted molar refractivity (Wildman–Crippen MR) is 146 cm³/mol. The summed E-state index contributed by atoms with van der Waals surface area (Å²) >= 11 is 0. The van der Waals surface area contributed by atoms with Gasteiger partial charge < -0.3 is 9.84 Å². The fourth-order valence-corrected chi connectivity index (χ4v) is 4.64. The van der Waals surface area contributed by atoms with Crippen LogP contribution in [0.15, 0.2) is 110 Å². The van der Waals surface area contributed by atoms with Gasteiger partial charge >= 0.3 is 0 Å². The number of allylic oxidation sites excluding steroid dienone is 1. The standard InChI is InChI=1S/C33H28O2/c1-3-23-8-10-25(11-9-23)6-5-7-26-14-21-31-30(22-26)32(27-15-12-24(4-2)13-16-27)33(35-31)28-17-19-29(34)20-18-28/h3-6,8-22,32-34H,1-2,7H2/b6-5+/t32-,33+/m1/s1. The lowest BCUT2D eigenvalue weighted by Gasteiger charge is -2.20. The zero-order valence-electron chi connectivity index (χ0n) is 19.6. The number of benzene rings is 4. The molecule has 172 valence electrons. The molecular formula is C33H28O2. The van der Waals surface area contributed by atoms with Crippen molar-refractivity contribution in [3.63, 3.8) is 0 Å². The molecule has 2 atom stereocenters. The van der Waals surface area contributed by atoms with Gasteiger partial charge in [0.15, 0.2) is 0 Å². The van der Waals surface area contributed by atoms with Crippen LogP contribution in [-0.4, -0.2) is 5.11 Å². The minimum Gasteiger partial charge on any atom is -0.508 e. The molecule has 2 nitrogen and oxygen atoms in total. The highest BCUT2D eigenvalue weighted by Crippen LogP contribution is 2.50. The molecule has 1 heterocycles. The highest BCUT2D eigenvalue weighted by atomic mass is 16.5. The fourth-order valence-electron chi connectivity index (χ4n) is 4.64. The van der Waals surface area contributed by atoms with Crippen LogP contribution in [-0.2, 0) is 6.42 Å². The second-order valence-electron chi connectivity index (χ2n) is 8.83. The Kier molecular flexibility index (Phi) is 6.36. The maximum Gasteiger partial charge on any atom is 0.135 e. The summed E-state index contributed by atoms with van der Waals surface area (Å²) in [6, 6.07) is 30.7. The Labute approximate surface area is 207 Å². The normalized spacial score (nSPS) is 16.6. The van der Waals surface area contributed by atoms with E-state index < -0.39 is 0 Å². The quantitative estimate of drug-likeness (QED) is 0.304. The summed E-state index contributed by atoms with van der Waals surface area (Å²) in [6.07, 6.45) is 8.74. The van der Waals surface area contributed by atoms with E-state index in [9.17, 15) is 5.11 Å². The highest BCUT2D eigenvalue weighted by Gasteiger charge is 2.36. The van der Waals surface area contributed by atoms with Crippen molar-refractivity contribution in [2.45, 2.75) is 18.4 Å². The molecule has 0 aliphatic carbocycles. The zero-order valence-corrected chi connectivity index (χ0v) is 19.6. The van der Waals surface area contributed by atoms with Gasteiger partial charge in [0, 0.05) is 5.56 Å². The second kappa shape index (κ2) is 9.90. The monoisotopic (exact) mass is 456 g/mol. The van der Waals surface area contributed by atoms with Crippen LogP contribution in [0.1, 0.15) is 51.0 Å². The van der Waals surface area contributed by atoms with E-state index in [1.54, 1.807) is 12.1 Å². The Morgan fingerprint density at radius 1 is 0.714 bits per heavy atom. The average molecular weight is 457 g/mol. The highest BCUT2D eigenvalue weighted by molar-refractivity contribution is 5.56. The molecule has 1 N–H and O–H groups in total. The third kappa shape index (κ3) is 4.83. The lowest BCUT2D eigenvalue weighted by atomic mass is 9.84. The molecule has 0 aromatic heterocycles. The molecule has 0 unspecified atom stereocenters. The van der Waals surface area contributed by atoms with Gasteiger partial charge in [-0.3, -0.25) is 0 Å². The number of aromatic hydroxyl groups is 1. The molecule has 2 heteroatoms. The smallest absolute Gasteiger partial charge is 0.135 e. The first kappa shape index (κ1) is 22.5. The summed E-state index contributed by atoms with van der Waals surface area (Å²) in [5, 5.41) is 9.78. The van der Waals surface area contributed by atoms with Crippen LogP contribution >= 0.6 is 0 Å². The molecule has 0 saturated heterocycles. The first-order valence-corrected chi connectivity index (χ1v) is 11.8. The Balaban J connectivity index is 1.45. The lowest BCUT2D eigenvalue weighted by molar-refractivity contribution is 0.222. The Hall–Kier alpha value is -4.30. The topological polar surface area (TPSA) is 29.5 Å². The van der Waals surface area contributed by atoms with Crippen molar-refractivity contribution in [3.05, 3.63) is 149 Å². The van der Waals surface area contributed by atoms with Gasteiger partial charge in [-0.1, -0.05) is 110 Å². The van der Waals surface area contributed by atoms with Gasteiger partial charge in [0.05, 0.1) is 5.92 Å². The van der Waals surface area contributed by atoms with Crippen molar-refractivity contribution in [1.82, 2.24) is 0 Å². The molecule has 0 radical (unpaired) electrons. The maximum atomic E-state index is 9.78. The van der Waals surface area contributed by atoms with Crippen molar-refractivity contribution in [2.75, 3.05) is 0 Å². The summed E-state index contributed by atoms with van der Waals surface area (Å²) in [6.45, 7) is 7.69. The third-order valence-corrected chi connectivity index (χ3v) is 6.55. The zero-order chi connectivity index (χ0) is 24.2. The van der Waals surface area contributed by atoms with Crippen molar-refractivity contribution < 1.29 is 9.84 Å². The van der Waals surface area contributed by atoms with Crippen molar-refractivity contribution in [3.8, 4) is 11.5 Å². The number of hydrogen-bond donors (Lipinski definition) is 1. The van der Waals surface area contributed by atoms with E-state index in [-0.39, 0.29) is 17.8 Å². The summed E-state index contributed by atoms with van der Waals surface area (Å²) in [4.78, 5) is 0. The first-order valence-electron chi connectivity index (χ1n) is 11.8. The molecular weight excluding hydrogens is 428 g/mol. The number of phenols is 1. The van der Waals surface area contributed by atoms with Crippen molar-refractivity contribution in [2.24, 2.45) is 0 Å². The van der Waals surface area contributed by atoms with Crippen LogP contribution in [0.5, 0.6) is 11.5 Å². The summed E-state index contributed by atoms with van der Waals surface area (Å²) in [5.41, 5.74) is 8.06. The molecule has 4 aromatic carbocycles. The molecule has 5 rings (SSSR count). The first-order chi connectivity index (χ1) is 17.1. The Bertz CT molecular complexity index is 1360. The van der Waals surface area contributed by atoms with Gasteiger partial charge in [-0.15, -0.1) is 0 Å². The van der Waals surface area contributed by atoms with Crippen LogP contribution in [0.3, 0.4) is 0 Å². The number of rotatable bonds is 7. The van der Waals surface area contributed by atoms with Gasteiger partial charge in [0.2, 0.25) is 0 Å². The summed E-state index contributed by atoms with van der Waals surface area (Å²) in [5.74, 6) is 1.22. The van der Waals surface area contributed by atoms with Gasteiger partial charge in [-0.25, -0.2) is 0 Å². The molecule has 0 amide bonds. The number of fused-ring (bicyclic) bond motifs is 1. The predicted octanol–water partition coefficient (Wildman–Crippen LogP) is 8.20. The minimum absolute atomic E-state index is 0.0591. The molecule has 0 saturated carbocycles. The van der Waals surface area contributed by atoms with Gasteiger partial charge in [0.25, 0.3) is 0 Å². The minimum atomic E-state index is -0.158. The van der Waals surface area contributed by atoms with Crippen LogP contribution in [0.25, 0.3) is 18.2 Å². The molecule has 0 spiro atoms. The van der Waals surface area contributed by atoms with E-state index in [2.05, 4.69) is 92.0 Å². The van der Waals surface area contributed by atoms with Crippen molar-refractivity contribution >= 4 is 18.2 Å². The van der Waals surface area contributed by atoms with Crippen LogP contribution < -0.4 is 4.74 Å². The van der Waals surface area contributed by atoms with E-state index in [1.165, 1.54) is 22.3 Å². The third-order valence-electron chi connectivity index (χ3n) is 6.55. The lowest BCUT2D eigenvalue weighted by Crippen LogP contribution is -2.11. The summed E-state index contributed by atoms with van der Waals surface area (Å²) in [7, 11) is 0. The molecule has 4 aromatic rings. The Morgan fingerprint density at radius 2 is 1.31 bits per heavy atom. The van der Waals surface area contributed by atoms with Crippen molar-refractivity contribution in [1.29, 1.82) is 0 Å². The molecule has 35 heavy (non-hydrogen) atoms. The summed E-state index contributed by atoms with van der Waals surface area (Å²) < 4.78 is 6.48. The van der Waals surface area contributed by atoms with Gasteiger partial charge in [-0.05, 0) is 58.0 Å². The number of hydrogen-bond acceptors (Lipinski definition) is 2. The largest absolute Gasteiger partial charge is 0.508 e. The van der Waals surface area contributed by atoms with E-state index in [0.29, 0.717) is 0 Å². The maximum absolute atomic E-state index is 9.78. The van der Waals surface area contributed by atoms with E-state index in [0.717, 1.165) is 28.9 Å². The van der Waals surface area contributed by atoms with E-state index in [1.807, 2.05) is 24.3 Å². The molecule has 0 bridgehead atoms. The van der Waals surface area contributed by atoms with E-state index in [4.69, 9.17) is 4.74 Å². The van der Waals surface area contributed by atoms with Gasteiger partial charge in [0.1, 0.15) is 17.6 Å². The molecule has 0 fully saturated rings.